The molecule has 310 valence electrons. The quantitative estimate of drug-likeness (QED) is 0.0302. The number of alkyl halides is 1. The highest BCUT2D eigenvalue weighted by molar-refractivity contribution is 14.1. The molecular weight excluding hydrogens is 813 g/mol. The Hall–Kier alpha value is -1.33. The van der Waals surface area contributed by atoms with Gasteiger partial charge in [0, 0.05) is 18.7 Å². The van der Waals surface area contributed by atoms with E-state index >= 15 is 0 Å². The van der Waals surface area contributed by atoms with Gasteiger partial charge < -0.3 is 61.6 Å². The fourth-order valence-electron chi connectivity index (χ4n) is 4.06. The third kappa shape index (κ3) is 37.4. The SMILES string of the molecule is O=[N+]([O-])c1ccc(OCCOCCOCCOCCOCCOCCOCCOCCOCCOCCOCCOCCOCCCCCCI)cc1. The topological polar surface area (TPSA) is 163 Å². The summed E-state index contributed by atoms with van der Waals surface area (Å²) in [6.45, 7) is 12.7. The zero-order valence-electron chi connectivity index (χ0n) is 31.5. The number of rotatable bonds is 44. The van der Waals surface area contributed by atoms with Crippen molar-refractivity contribution >= 4 is 28.3 Å². The van der Waals surface area contributed by atoms with E-state index in [4.69, 9.17) is 61.6 Å². The van der Waals surface area contributed by atoms with Crippen LogP contribution in [0.15, 0.2) is 24.3 Å². The predicted octanol–water partition coefficient (Wildman–Crippen LogP) is 4.17. The summed E-state index contributed by atoms with van der Waals surface area (Å²) in [6.07, 6.45) is 4.95. The van der Waals surface area contributed by atoms with Crippen LogP contribution in [0, 0.1) is 10.1 Å². The van der Waals surface area contributed by atoms with Crippen molar-refractivity contribution in [1.82, 2.24) is 0 Å². The van der Waals surface area contributed by atoms with E-state index in [0.29, 0.717) is 164 Å². The minimum Gasteiger partial charge on any atom is -0.491 e. The summed E-state index contributed by atoms with van der Waals surface area (Å²) >= 11 is 2.42. The van der Waals surface area contributed by atoms with E-state index in [1.54, 1.807) is 12.1 Å². The van der Waals surface area contributed by atoms with Crippen molar-refractivity contribution in [3.8, 4) is 5.75 Å². The van der Waals surface area contributed by atoms with Gasteiger partial charge in [0.2, 0.25) is 0 Å². The van der Waals surface area contributed by atoms with Crippen LogP contribution in [-0.2, 0) is 56.8 Å². The summed E-state index contributed by atoms with van der Waals surface area (Å²) in [6, 6.07) is 5.91. The van der Waals surface area contributed by atoms with E-state index in [2.05, 4.69) is 22.6 Å². The molecule has 0 unspecified atom stereocenters. The molecule has 0 bridgehead atoms. The van der Waals surface area contributed by atoms with Crippen molar-refractivity contribution in [3.05, 3.63) is 34.4 Å². The number of halogens is 1. The molecule has 1 aromatic carbocycles. The Morgan fingerprint density at radius 1 is 0.377 bits per heavy atom. The lowest BCUT2D eigenvalue weighted by molar-refractivity contribution is -0.384. The van der Waals surface area contributed by atoms with E-state index in [1.165, 1.54) is 35.8 Å². The van der Waals surface area contributed by atoms with E-state index < -0.39 is 4.92 Å². The summed E-state index contributed by atoms with van der Waals surface area (Å²) < 4.78 is 72.5. The molecule has 0 aromatic heterocycles. The molecule has 0 spiro atoms. The van der Waals surface area contributed by atoms with E-state index in [9.17, 15) is 10.1 Å². The third-order valence-electron chi connectivity index (χ3n) is 6.81. The van der Waals surface area contributed by atoms with Crippen LogP contribution in [-0.4, -0.2) is 175 Å². The van der Waals surface area contributed by atoms with E-state index in [1.807, 2.05) is 0 Å². The first-order chi connectivity index (χ1) is 26.2. The molecule has 0 aliphatic rings. The number of nitro groups is 1. The van der Waals surface area contributed by atoms with Gasteiger partial charge in [-0.2, -0.15) is 0 Å². The summed E-state index contributed by atoms with van der Waals surface area (Å²) in [7, 11) is 0. The van der Waals surface area contributed by atoms with Crippen molar-refractivity contribution < 1.29 is 66.5 Å². The standard InChI is InChI=1S/C36H64INO15/c37-9-3-1-2-4-10-41-11-12-42-13-14-43-15-16-44-17-18-45-19-20-46-21-22-47-23-24-48-25-26-49-27-28-50-29-30-51-31-32-52-33-34-53-36-7-5-35(6-8-36)38(39)40/h5-8H,1-4,9-34H2. The van der Waals surface area contributed by atoms with Crippen molar-refractivity contribution in [1.29, 1.82) is 0 Å². The van der Waals surface area contributed by atoms with Gasteiger partial charge in [0.1, 0.15) is 12.4 Å². The van der Waals surface area contributed by atoms with Gasteiger partial charge in [-0.15, -0.1) is 0 Å². The monoisotopic (exact) mass is 877 g/mol. The summed E-state index contributed by atoms with van der Waals surface area (Å²) in [5, 5.41) is 10.6. The molecule has 0 radical (unpaired) electrons. The molecule has 0 aliphatic carbocycles. The number of nitro benzene ring substituents is 1. The average molecular weight is 878 g/mol. The lowest BCUT2D eigenvalue weighted by Crippen LogP contribution is -2.15. The van der Waals surface area contributed by atoms with Crippen LogP contribution in [0.5, 0.6) is 5.75 Å². The zero-order chi connectivity index (χ0) is 38.0. The van der Waals surface area contributed by atoms with Gasteiger partial charge in [-0.3, -0.25) is 10.1 Å². The Morgan fingerprint density at radius 2 is 0.642 bits per heavy atom. The highest BCUT2D eigenvalue weighted by atomic mass is 127. The van der Waals surface area contributed by atoms with Crippen molar-refractivity contribution in [2.45, 2.75) is 25.7 Å². The van der Waals surface area contributed by atoms with Crippen LogP contribution in [0.25, 0.3) is 0 Å². The summed E-state index contributed by atoms with van der Waals surface area (Å²) in [5.74, 6) is 0.556. The number of ether oxygens (including phenoxy) is 13. The fourth-order valence-corrected chi connectivity index (χ4v) is 4.60. The fraction of sp³-hybridized carbons (Fsp3) is 0.833. The maximum Gasteiger partial charge on any atom is 0.269 e. The molecule has 0 atom stereocenters. The normalized spacial score (nSPS) is 11.4. The lowest BCUT2D eigenvalue weighted by Gasteiger charge is -2.09. The Labute approximate surface area is 329 Å². The molecule has 0 N–H and O–H groups in total. The van der Waals surface area contributed by atoms with Gasteiger partial charge in [0.15, 0.2) is 0 Å². The minimum absolute atomic E-state index is 0.0254. The molecule has 1 aromatic rings. The second kappa shape index (κ2) is 41.8. The van der Waals surface area contributed by atoms with Crippen molar-refractivity contribution in [2.24, 2.45) is 0 Å². The van der Waals surface area contributed by atoms with Gasteiger partial charge >= 0.3 is 0 Å². The zero-order valence-corrected chi connectivity index (χ0v) is 33.6. The highest BCUT2D eigenvalue weighted by Gasteiger charge is 2.04. The summed E-state index contributed by atoms with van der Waals surface area (Å²) in [4.78, 5) is 10.2. The minimum atomic E-state index is -0.451. The second-order valence-corrected chi connectivity index (χ2v) is 12.1. The van der Waals surface area contributed by atoms with Crippen LogP contribution in [0.1, 0.15) is 25.7 Å². The van der Waals surface area contributed by atoms with Crippen LogP contribution < -0.4 is 4.74 Å². The van der Waals surface area contributed by atoms with Gasteiger partial charge in [0.25, 0.3) is 5.69 Å². The van der Waals surface area contributed by atoms with E-state index in [-0.39, 0.29) is 5.69 Å². The Balaban J connectivity index is 1.63. The Morgan fingerprint density at radius 3 is 0.925 bits per heavy atom. The maximum absolute atomic E-state index is 10.6. The van der Waals surface area contributed by atoms with Crippen LogP contribution in [0.2, 0.25) is 0 Å². The number of unbranched alkanes of at least 4 members (excludes halogenated alkanes) is 3. The van der Waals surface area contributed by atoms with Gasteiger partial charge in [0.05, 0.1) is 157 Å². The van der Waals surface area contributed by atoms with Crippen LogP contribution in [0.3, 0.4) is 0 Å². The molecule has 53 heavy (non-hydrogen) atoms. The molecule has 0 fully saturated rings. The first kappa shape index (κ1) is 49.7. The Bertz CT molecular complexity index is 891. The predicted molar refractivity (Wildman–Crippen MR) is 206 cm³/mol. The number of hydrogen-bond donors (Lipinski definition) is 0. The number of nitrogens with zero attached hydrogens (tertiary/aromatic N) is 1. The molecule has 17 heteroatoms. The molecule has 1 rings (SSSR count). The molecule has 0 heterocycles. The van der Waals surface area contributed by atoms with Gasteiger partial charge in [-0.25, -0.2) is 0 Å². The molecule has 0 saturated carbocycles. The third-order valence-corrected chi connectivity index (χ3v) is 7.57. The molecular formula is C36H64INO15. The molecule has 16 nitrogen and oxygen atoms in total. The molecule has 0 saturated heterocycles. The van der Waals surface area contributed by atoms with Crippen LogP contribution in [0.4, 0.5) is 5.69 Å². The summed E-state index contributed by atoms with van der Waals surface area (Å²) in [5.41, 5.74) is 0.0254. The van der Waals surface area contributed by atoms with E-state index in [0.717, 1.165) is 13.0 Å². The highest BCUT2D eigenvalue weighted by Crippen LogP contribution is 2.17. The van der Waals surface area contributed by atoms with Crippen LogP contribution >= 0.6 is 22.6 Å². The average Bonchev–Trinajstić information content (AvgIpc) is 3.17. The van der Waals surface area contributed by atoms with Crippen molar-refractivity contribution in [2.75, 3.05) is 170 Å². The van der Waals surface area contributed by atoms with Gasteiger partial charge in [-0.05, 0) is 29.4 Å². The largest absolute Gasteiger partial charge is 0.491 e. The molecule has 0 aliphatic heterocycles. The number of non-ortho nitro benzene ring substituents is 1. The lowest BCUT2D eigenvalue weighted by atomic mass is 10.2. The number of hydrogen-bond acceptors (Lipinski definition) is 15. The van der Waals surface area contributed by atoms with Crippen molar-refractivity contribution in [3.63, 3.8) is 0 Å². The Kier molecular flexibility index (Phi) is 39.2. The number of benzene rings is 1. The van der Waals surface area contributed by atoms with Gasteiger partial charge in [-0.1, -0.05) is 35.4 Å². The maximum atomic E-state index is 10.6. The first-order valence-corrected chi connectivity index (χ1v) is 20.1. The molecule has 0 amide bonds. The second-order valence-electron chi connectivity index (χ2n) is 11.1. The first-order valence-electron chi connectivity index (χ1n) is 18.6. The smallest absolute Gasteiger partial charge is 0.269 e.